The summed E-state index contributed by atoms with van der Waals surface area (Å²) >= 11 is 0. The highest BCUT2D eigenvalue weighted by Gasteiger charge is 2.13. The molecule has 1 N–H and O–H groups in total. The third-order valence-corrected chi connectivity index (χ3v) is 3.03. The molecular weight excluding hydrogens is 305 g/mol. The molecule has 0 unspecified atom stereocenters. The van der Waals surface area contributed by atoms with Gasteiger partial charge in [0, 0.05) is 0 Å². The first-order chi connectivity index (χ1) is 11.2. The molecule has 3 aromatic rings. The molecule has 118 valence electrons. The molecule has 2 aromatic heterocycles. The molecule has 7 nitrogen and oxygen atoms in total. The van der Waals surface area contributed by atoms with E-state index in [0.717, 1.165) is 0 Å². The molecule has 0 atom stereocenters. The maximum atomic E-state index is 13.8. The van der Waals surface area contributed by atoms with Crippen molar-refractivity contribution in [1.82, 2.24) is 10.1 Å². The molecule has 23 heavy (non-hydrogen) atoms. The number of esters is 1. The van der Waals surface area contributed by atoms with Gasteiger partial charge in [-0.25, -0.2) is 9.18 Å². The van der Waals surface area contributed by atoms with E-state index in [1.807, 2.05) is 0 Å². The summed E-state index contributed by atoms with van der Waals surface area (Å²) in [5.41, 5.74) is 0.365. The Labute approximate surface area is 130 Å². The molecule has 0 fully saturated rings. The summed E-state index contributed by atoms with van der Waals surface area (Å²) < 4.78 is 28.6. The van der Waals surface area contributed by atoms with E-state index in [4.69, 9.17) is 8.94 Å². The number of nitrogens with zero attached hydrogens (tertiary/aromatic N) is 2. The summed E-state index contributed by atoms with van der Waals surface area (Å²) in [6.07, 6.45) is 1.50. The van der Waals surface area contributed by atoms with Crippen molar-refractivity contribution in [2.45, 2.75) is 6.54 Å². The zero-order valence-electron chi connectivity index (χ0n) is 12.1. The number of rotatable bonds is 5. The van der Waals surface area contributed by atoms with Gasteiger partial charge < -0.3 is 19.0 Å². The number of aromatic nitrogens is 2. The minimum absolute atomic E-state index is 0.0925. The highest BCUT2D eigenvalue weighted by atomic mass is 19.1. The summed E-state index contributed by atoms with van der Waals surface area (Å²) in [5.74, 6) is -0.0388. The lowest BCUT2D eigenvalue weighted by molar-refractivity contribution is 0.0600. The van der Waals surface area contributed by atoms with Crippen LogP contribution in [0.3, 0.4) is 0 Å². The van der Waals surface area contributed by atoms with Crippen LogP contribution in [-0.2, 0) is 11.3 Å². The zero-order valence-corrected chi connectivity index (χ0v) is 12.1. The van der Waals surface area contributed by atoms with Crippen molar-refractivity contribution in [1.29, 1.82) is 0 Å². The summed E-state index contributed by atoms with van der Waals surface area (Å²) in [5, 5.41) is 6.56. The fraction of sp³-hybridized carbons (Fsp3) is 0.133. The van der Waals surface area contributed by atoms with Crippen LogP contribution in [0.2, 0.25) is 0 Å². The first-order valence-electron chi connectivity index (χ1n) is 6.65. The number of hydrogen-bond donors (Lipinski definition) is 1. The van der Waals surface area contributed by atoms with Crippen LogP contribution < -0.4 is 5.32 Å². The number of benzene rings is 1. The quantitative estimate of drug-likeness (QED) is 0.723. The molecule has 0 saturated heterocycles. The van der Waals surface area contributed by atoms with Gasteiger partial charge in [0.1, 0.15) is 5.82 Å². The van der Waals surface area contributed by atoms with Crippen LogP contribution in [-0.4, -0.2) is 23.2 Å². The third kappa shape index (κ3) is 3.20. The minimum atomic E-state index is -0.550. The predicted molar refractivity (Wildman–Crippen MR) is 77.1 cm³/mol. The van der Waals surface area contributed by atoms with Crippen molar-refractivity contribution in [3.05, 3.63) is 53.9 Å². The Morgan fingerprint density at radius 3 is 3.00 bits per heavy atom. The van der Waals surface area contributed by atoms with Gasteiger partial charge in [0.15, 0.2) is 5.76 Å². The standard InChI is InChI=1S/C15H12FN3O4/c1-21-15(20)9-4-5-10(16)11(7-9)17-8-13-18-14(19-23-13)12-3-2-6-22-12/h2-7,17H,8H2,1H3. The number of ether oxygens (including phenoxy) is 1. The highest BCUT2D eigenvalue weighted by molar-refractivity contribution is 5.90. The van der Waals surface area contributed by atoms with Crippen molar-refractivity contribution in [2.75, 3.05) is 12.4 Å². The van der Waals surface area contributed by atoms with Gasteiger partial charge in [-0.1, -0.05) is 5.16 Å². The van der Waals surface area contributed by atoms with Crippen LogP contribution in [0.1, 0.15) is 16.2 Å². The smallest absolute Gasteiger partial charge is 0.337 e. The second-order valence-corrected chi connectivity index (χ2v) is 4.53. The molecule has 0 radical (unpaired) electrons. The fourth-order valence-corrected chi connectivity index (χ4v) is 1.91. The number of halogens is 1. The van der Waals surface area contributed by atoms with Crippen molar-refractivity contribution in [3.63, 3.8) is 0 Å². The van der Waals surface area contributed by atoms with Gasteiger partial charge in [-0.15, -0.1) is 0 Å². The van der Waals surface area contributed by atoms with E-state index in [-0.39, 0.29) is 23.7 Å². The number of furan rings is 1. The number of methoxy groups -OCH3 is 1. The van der Waals surface area contributed by atoms with Crippen LogP contribution in [0.4, 0.5) is 10.1 Å². The van der Waals surface area contributed by atoms with E-state index >= 15 is 0 Å². The van der Waals surface area contributed by atoms with E-state index in [1.165, 1.54) is 31.6 Å². The maximum absolute atomic E-state index is 13.8. The molecule has 1 aromatic carbocycles. The number of carbonyl (C=O) groups is 1. The minimum Gasteiger partial charge on any atom is -0.465 e. The van der Waals surface area contributed by atoms with E-state index in [9.17, 15) is 9.18 Å². The average Bonchev–Trinajstić information content (AvgIpc) is 3.24. The first-order valence-corrected chi connectivity index (χ1v) is 6.65. The molecule has 0 spiro atoms. The lowest BCUT2D eigenvalue weighted by atomic mass is 10.2. The Kier molecular flexibility index (Phi) is 4.05. The van der Waals surface area contributed by atoms with Crippen LogP contribution in [0, 0.1) is 5.82 Å². The van der Waals surface area contributed by atoms with Gasteiger partial charge >= 0.3 is 5.97 Å². The topological polar surface area (TPSA) is 90.4 Å². The SMILES string of the molecule is COC(=O)c1ccc(F)c(NCc2nc(-c3ccco3)no2)c1. The van der Waals surface area contributed by atoms with Crippen molar-refractivity contribution < 1.29 is 22.9 Å². The Hall–Kier alpha value is -3.16. The van der Waals surface area contributed by atoms with Crippen molar-refractivity contribution in [2.24, 2.45) is 0 Å². The van der Waals surface area contributed by atoms with Gasteiger partial charge in [-0.2, -0.15) is 4.98 Å². The molecular formula is C15H12FN3O4. The average molecular weight is 317 g/mol. The van der Waals surface area contributed by atoms with Crippen LogP contribution in [0.25, 0.3) is 11.6 Å². The number of anilines is 1. The van der Waals surface area contributed by atoms with Crippen LogP contribution >= 0.6 is 0 Å². The summed E-state index contributed by atoms with van der Waals surface area (Å²) in [7, 11) is 1.26. The first kappa shape index (κ1) is 14.8. The molecule has 0 aliphatic heterocycles. The van der Waals surface area contributed by atoms with Gasteiger partial charge in [-0.3, -0.25) is 0 Å². The Morgan fingerprint density at radius 2 is 2.26 bits per heavy atom. The third-order valence-electron chi connectivity index (χ3n) is 3.03. The molecule has 0 aliphatic rings. The molecule has 3 rings (SSSR count). The number of nitrogens with one attached hydrogen (secondary N) is 1. The highest BCUT2D eigenvalue weighted by Crippen LogP contribution is 2.19. The fourth-order valence-electron chi connectivity index (χ4n) is 1.91. The van der Waals surface area contributed by atoms with E-state index in [0.29, 0.717) is 11.6 Å². The molecule has 0 amide bonds. The van der Waals surface area contributed by atoms with E-state index < -0.39 is 11.8 Å². The van der Waals surface area contributed by atoms with Crippen LogP contribution in [0.5, 0.6) is 0 Å². The normalized spacial score (nSPS) is 10.5. The lowest BCUT2D eigenvalue weighted by Crippen LogP contribution is -2.06. The summed E-state index contributed by atoms with van der Waals surface area (Å²) in [4.78, 5) is 15.6. The van der Waals surface area contributed by atoms with Gasteiger partial charge in [0.05, 0.1) is 31.2 Å². The molecule has 8 heteroatoms. The van der Waals surface area contributed by atoms with Crippen molar-refractivity contribution >= 4 is 11.7 Å². The Bertz CT molecular complexity index is 814. The summed E-state index contributed by atoms with van der Waals surface area (Å²) in [6.45, 7) is 0.0925. The lowest BCUT2D eigenvalue weighted by Gasteiger charge is -2.07. The van der Waals surface area contributed by atoms with Gasteiger partial charge in [0.2, 0.25) is 11.7 Å². The molecule has 0 aliphatic carbocycles. The molecule has 2 heterocycles. The Balaban J connectivity index is 1.72. The van der Waals surface area contributed by atoms with E-state index in [1.54, 1.807) is 12.1 Å². The second kappa shape index (κ2) is 6.30. The monoisotopic (exact) mass is 317 g/mol. The predicted octanol–water partition coefficient (Wildman–Crippen LogP) is 2.87. The largest absolute Gasteiger partial charge is 0.465 e. The second-order valence-electron chi connectivity index (χ2n) is 4.53. The zero-order chi connectivity index (χ0) is 16.2. The van der Waals surface area contributed by atoms with Gasteiger partial charge in [0.25, 0.3) is 0 Å². The molecule has 0 saturated carbocycles. The number of carbonyl (C=O) groups excluding carboxylic acids is 1. The summed E-state index contributed by atoms with van der Waals surface area (Å²) in [6, 6.07) is 7.27. The van der Waals surface area contributed by atoms with Gasteiger partial charge in [-0.05, 0) is 30.3 Å². The van der Waals surface area contributed by atoms with E-state index in [2.05, 4.69) is 20.2 Å². The van der Waals surface area contributed by atoms with Crippen LogP contribution in [0.15, 0.2) is 45.5 Å². The Morgan fingerprint density at radius 1 is 1.39 bits per heavy atom. The maximum Gasteiger partial charge on any atom is 0.337 e. The van der Waals surface area contributed by atoms with Crippen molar-refractivity contribution in [3.8, 4) is 11.6 Å². The molecule has 0 bridgehead atoms. The number of hydrogen-bond acceptors (Lipinski definition) is 7.